The first-order valence-electron chi connectivity index (χ1n) is 13.1. The fourth-order valence-electron chi connectivity index (χ4n) is 9.31. The van der Waals surface area contributed by atoms with Gasteiger partial charge in [0.15, 0.2) is 30.5 Å². The van der Waals surface area contributed by atoms with Crippen molar-refractivity contribution in [3.63, 3.8) is 0 Å². The first-order chi connectivity index (χ1) is 19.2. The molecule has 4 bridgehead atoms. The zero-order chi connectivity index (χ0) is 28.2. The van der Waals surface area contributed by atoms with Gasteiger partial charge in [0.1, 0.15) is 0 Å². The molecule has 0 aliphatic heterocycles. The predicted molar refractivity (Wildman–Crippen MR) is 139 cm³/mol. The van der Waals surface area contributed by atoms with Crippen LogP contribution in [0.1, 0.15) is 12.8 Å². The van der Waals surface area contributed by atoms with Crippen LogP contribution in [0.3, 0.4) is 0 Å². The van der Waals surface area contributed by atoms with Crippen molar-refractivity contribution in [3.8, 4) is 24.3 Å². The van der Waals surface area contributed by atoms with Crippen LogP contribution in [-0.2, 0) is 19.7 Å². The van der Waals surface area contributed by atoms with Crippen LogP contribution in [0, 0.1) is 91.7 Å². The predicted octanol–water partition coefficient (Wildman–Crippen LogP) is 3.58. The lowest BCUT2D eigenvalue weighted by Crippen LogP contribution is -2.66. The Labute approximate surface area is 232 Å². The first-order valence-corrected chi connectivity index (χ1v) is 16.2. The highest BCUT2D eigenvalue weighted by atomic mass is 32.2. The summed E-state index contributed by atoms with van der Waals surface area (Å²) in [6, 6.07) is 23.8. The zero-order valence-corrected chi connectivity index (χ0v) is 22.7. The van der Waals surface area contributed by atoms with Gasteiger partial charge < -0.3 is 0 Å². The second-order valence-electron chi connectivity index (χ2n) is 11.6. The van der Waals surface area contributed by atoms with Crippen LogP contribution < -0.4 is 0 Å². The highest BCUT2D eigenvalue weighted by Gasteiger charge is 2.84. The molecule has 8 atom stereocenters. The monoisotopic (exact) mass is 566 g/mol. The molecule has 198 valence electrons. The van der Waals surface area contributed by atoms with Gasteiger partial charge in [-0.05, 0) is 60.8 Å². The molecule has 3 fully saturated rings. The van der Waals surface area contributed by atoms with Gasteiger partial charge in [-0.3, -0.25) is 0 Å². The number of fused-ring (bicyclic) bond motifs is 11. The number of allylic oxidation sites excluding steroid dienone is 2. The maximum atomic E-state index is 14.2. The number of rotatable bonds is 4. The molecule has 0 spiro atoms. The van der Waals surface area contributed by atoms with E-state index in [1.165, 1.54) is 24.3 Å². The van der Waals surface area contributed by atoms with E-state index >= 15 is 0 Å². The van der Waals surface area contributed by atoms with Crippen molar-refractivity contribution in [2.24, 2.45) is 46.3 Å². The summed E-state index contributed by atoms with van der Waals surface area (Å²) in [7, 11) is -8.20. The second kappa shape index (κ2) is 7.82. The van der Waals surface area contributed by atoms with E-state index in [9.17, 15) is 37.9 Å². The summed E-state index contributed by atoms with van der Waals surface area (Å²) in [6.45, 7) is 0. The van der Waals surface area contributed by atoms with Gasteiger partial charge in [0.25, 0.3) is 0 Å². The van der Waals surface area contributed by atoms with Gasteiger partial charge >= 0.3 is 0 Å². The molecule has 10 heteroatoms. The van der Waals surface area contributed by atoms with Crippen LogP contribution in [0.2, 0.25) is 0 Å². The summed E-state index contributed by atoms with van der Waals surface area (Å²) in [4.78, 5) is 0.119. The fourth-order valence-corrected chi connectivity index (χ4v) is 14.4. The Kier molecular flexibility index (Phi) is 4.90. The largest absolute Gasteiger partial charge is 0.223 e. The van der Waals surface area contributed by atoms with Crippen LogP contribution in [-0.4, -0.2) is 27.3 Å². The van der Waals surface area contributed by atoms with E-state index in [1.54, 1.807) is 36.4 Å². The molecule has 7 rings (SSSR count). The molecule has 2 aromatic carbocycles. The van der Waals surface area contributed by atoms with E-state index < -0.39 is 64.7 Å². The smallest absolute Gasteiger partial charge is 0.183 e. The maximum absolute atomic E-state index is 14.2. The SMILES string of the molecule is N#CC1(C#N)[C@H]2[C@@H]([C@H]3C[C@H]2C2=C3[C@H]3C[C@H]2[C@H](S(=O)(=O)c2ccccc2)[C@H]3S(=O)(=O)c2ccccc2)C1(C#N)C#N. The van der Waals surface area contributed by atoms with Gasteiger partial charge in [-0.25, -0.2) is 16.8 Å². The van der Waals surface area contributed by atoms with Crippen molar-refractivity contribution in [2.75, 3.05) is 0 Å². The molecule has 2 aromatic rings. The van der Waals surface area contributed by atoms with Crippen LogP contribution in [0.5, 0.6) is 0 Å². The number of hydrogen-bond donors (Lipinski definition) is 0. The van der Waals surface area contributed by atoms with E-state index in [1.807, 2.05) is 24.3 Å². The molecule has 0 amide bonds. The third-order valence-electron chi connectivity index (χ3n) is 10.5. The Bertz CT molecular complexity index is 1730. The molecule has 5 aliphatic carbocycles. The summed E-state index contributed by atoms with van der Waals surface area (Å²) in [5.41, 5.74) is -1.91. The number of hydrogen-bond acceptors (Lipinski definition) is 8. The van der Waals surface area contributed by atoms with E-state index in [-0.39, 0.29) is 21.6 Å². The molecule has 0 radical (unpaired) electrons. The van der Waals surface area contributed by atoms with Crippen molar-refractivity contribution >= 4 is 19.7 Å². The second-order valence-corrected chi connectivity index (χ2v) is 15.8. The number of benzene rings is 2. The molecular formula is C30H22N4O4S2. The molecule has 0 saturated heterocycles. The summed E-state index contributed by atoms with van der Waals surface area (Å²) in [6.07, 6.45) is 0.836. The third kappa shape index (κ3) is 2.54. The van der Waals surface area contributed by atoms with E-state index in [4.69, 9.17) is 0 Å². The lowest BCUT2D eigenvalue weighted by molar-refractivity contribution is -0.0709. The Balaban J connectivity index is 1.43. The van der Waals surface area contributed by atoms with Gasteiger partial charge in [-0.2, -0.15) is 21.0 Å². The molecule has 0 heterocycles. The normalized spacial score (nSPS) is 35.4. The van der Waals surface area contributed by atoms with Gasteiger partial charge in [0.2, 0.25) is 0 Å². The van der Waals surface area contributed by atoms with E-state index in [0.717, 1.165) is 11.1 Å². The first kappa shape index (κ1) is 25.0. The Morgan fingerprint density at radius 3 is 1.20 bits per heavy atom. The maximum Gasteiger partial charge on any atom is 0.183 e. The number of sulfone groups is 2. The van der Waals surface area contributed by atoms with Gasteiger partial charge in [-0.15, -0.1) is 0 Å². The lowest BCUT2D eigenvalue weighted by Gasteiger charge is -2.58. The minimum Gasteiger partial charge on any atom is -0.223 e. The van der Waals surface area contributed by atoms with Crippen LogP contribution >= 0.6 is 0 Å². The molecule has 0 aromatic heterocycles. The Morgan fingerprint density at radius 1 is 0.550 bits per heavy atom. The summed E-state index contributed by atoms with van der Waals surface area (Å²) in [5.74, 6) is -2.95. The van der Waals surface area contributed by atoms with Crippen molar-refractivity contribution in [2.45, 2.75) is 33.1 Å². The Hall–Kier alpha value is -3.96. The zero-order valence-electron chi connectivity index (χ0n) is 21.0. The number of nitrogens with zero attached hydrogens (tertiary/aromatic N) is 4. The standard InChI is InChI=1S/C30H22N4O4S2/c31-13-29(14-32)25-19-11-20(26(25)30(29,15-33)16-34)24-22-12-21(23(19)24)27(39(35,36)17-7-3-1-4-8-17)28(22)40(37,38)18-9-5-2-6-10-18/h1-10,19-22,25-28H,11-12H2/t19-,20-,21+,22+,25+,26+,27-,28-/m0/s1. The van der Waals surface area contributed by atoms with Crippen molar-refractivity contribution in [1.82, 2.24) is 0 Å². The van der Waals surface area contributed by atoms with Crippen molar-refractivity contribution < 1.29 is 16.8 Å². The molecule has 40 heavy (non-hydrogen) atoms. The molecule has 5 aliphatic rings. The molecule has 3 saturated carbocycles. The Morgan fingerprint density at radius 2 is 0.875 bits per heavy atom. The summed E-state index contributed by atoms with van der Waals surface area (Å²) in [5, 5.41) is 38.0. The van der Waals surface area contributed by atoms with E-state index in [2.05, 4.69) is 0 Å². The summed E-state index contributed by atoms with van der Waals surface area (Å²) >= 11 is 0. The molecule has 8 nitrogen and oxygen atoms in total. The average Bonchev–Trinajstić information content (AvgIpc) is 3.73. The molecule has 0 N–H and O–H groups in total. The number of nitriles is 4. The average molecular weight is 567 g/mol. The quantitative estimate of drug-likeness (QED) is 0.400. The van der Waals surface area contributed by atoms with Crippen LogP contribution in [0.4, 0.5) is 0 Å². The minimum absolute atomic E-state index is 0.0593. The van der Waals surface area contributed by atoms with E-state index in [0.29, 0.717) is 12.8 Å². The fraction of sp³-hybridized carbons (Fsp3) is 0.400. The van der Waals surface area contributed by atoms with Crippen LogP contribution in [0.25, 0.3) is 0 Å². The molecule has 0 unspecified atom stereocenters. The lowest BCUT2D eigenvalue weighted by atomic mass is 9.36. The third-order valence-corrected chi connectivity index (χ3v) is 15.2. The van der Waals surface area contributed by atoms with Crippen LogP contribution in [0.15, 0.2) is 81.6 Å². The van der Waals surface area contributed by atoms with Gasteiger partial charge in [-0.1, -0.05) is 47.5 Å². The highest BCUT2D eigenvalue weighted by molar-refractivity contribution is 7.96. The van der Waals surface area contributed by atoms with Crippen molar-refractivity contribution in [3.05, 3.63) is 71.8 Å². The minimum atomic E-state index is -4.10. The highest BCUT2D eigenvalue weighted by Crippen LogP contribution is 2.81. The summed E-state index contributed by atoms with van der Waals surface area (Å²) < 4.78 is 56.9. The van der Waals surface area contributed by atoms with Gasteiger partial charge in [0.05, 0.1) is 44.6 Å². The molecular weight excluding hydrogens is 544 g/mol. The van der Waals surface area contributed by atoms with Gasteiger partial charge in [0, 0.05) is 11.8 Å². The topological polar surface area (TPSA) is 163 Å². The van der Waals surface area contributed by atoms with Crippen molar-refractivity contribution in [1.29, 1.82) is 21.0 Å².